The smallest absolute Gasteiger partial charge is 0.319 e. The van der Waals surface area contributed by atoms with Crippen LogP contribution in [-0.4, -0.2) is 34.9 Å². The maximum atomic E-state index is 12.5. The molecule has 0 spiro atoms. The topological polar surface area (TPSA) is 87.5 Å². The van der Waals surface area contributed by atoms with Crippen molar-refractivity contribution in [2.24, 2.45) is 0 Å². The standard InChI is InChI=1S/C20H24N4O3/c1-13-18(19(25)24-9-2-3-10-24)23-17(27-13)12-21-20(26)22-16-8-7-14-5-4-6-15(14)11-16/h7-8,11H,2-6,9-10,12H2,1H3,(H2,21,22,26). The van der Waals surface area contributed by atoms with Crippen LogP contribution in [0.2, 0.25) is 0 Å². The highest BCUT2D eigenvalue weighted by Crippen LogP contribution is 2.24. The average molecular weight is 368 g/mol. The first-order chi connectivity index (χ1) is 13.1. The van der Waals surface area contributed by atoms with Gasteiger partial charge in [-0.2, -0.15) is 0 Å². The summed E-state index contributed by atoms with van der Waals surface area (Å²) in [5.74, 6) is 0.726. The van der Waals surface area contributed by atoms with Gasteiger partial charge in [0, 0.05) is 18.8 Å². The summed E-state index contributed by atoms with van der Waals surface area (Å²) in [6, 6.07) is 5.71. The van der Waals surface area contributed by atoms with Crippen molar-refractivity contribution in [2.45, 2.75) is 45.6 Å². The van der Waals surface area contributed by atoms with Crippen molar-refractivity contribution in [3.63, 3.8) is 0 Å². The third-order valence-electron chi connectivity index (χ3n) is 5.19. The first-order valence-electron chi connectivity index (χ1n) is 9.52. The first-order valence-corrected chi connectivity index (χ1v) is 9.52. The number of amides is 3. The van der Waals surface area contributed by atoms with Gasteiger partial charge in [0.2, 0.25) is 5.89 Å². The van der Waals surface area contributed by atoms with Gasteiger partial charge in [0.1, 0.15) is 5.76 Å². The number of nitrogens with one attached hydrogen (secondary N) is 2. The molecule has 27 heavy (non-hydrogen) atoms. The molecule has 2 N–H and O–H groups in total. The molecule has 1 aliphatic carbocycles. The molecule has 0 bridgehead atoms. The van der Waals surface area contributed by atoms with Crippen molar-refractivity contribution in [3.8, 4) is 0 Å². The summed E-state index contributed by atoms with van der Waals surface area (Å²) in [7, 11) is 0. The van der Waals surface area contributed by atoms with E-state index in [9.17, 15) is 9.59 Å². The molecule has 0 saturated carbocycles. The Kier molecular flexibility index (Phi) is 4.83. The molecular weight excluding hydrogens is 344 g/mol. The van der Waals surface area contributed by atoms with Crippen LogP contribution in [0.3, 0.4) is 0 Å². The van der Waals surface area contributed by atoms with Crippen LogP contribution in [0, 0.1) is 6.92 Å². The fourth-order valence-corrected chi connectivity index (χ4v) is 3.78. The summed E-state index contributed by atoms with van der Waals surface area (Å²) in [4.78, 5) is 30.7. The molecule has 7 nitrogen and oxygen atoms in total. The van der Waals surface area contributed by atoms with Crippen LogP contribution in [0.15, 0.2) is 22.6 Å². The van der Waals surface area contributed by atoms with Gasteiger partial charge < -0.3 is 20.0 Å². The van der Waals surface area contributed by atoms with Gasteiger partial charge in [-0.15, -0.1) is 0 Å². The van der Waals surface area contributed by atoms with Gasteiger partial charge in [0.15, 0.2) is 5.69 Å². The highest BCUT2D eigenvalue weighted by atomic mass is 16.4. The minimum Gasteiger partial charge on any atom is -0.443 e. The number of anilines is 1. The van der Waals surface area contributed by atoms with Crippen LogP contribution >= 0.6 is 0 Å². The predicted octanol–water partition coefficient (Wildman–Crippen LogP) is 3.03. The fraction of sp³-hybridized carbons (Fsp3) is 0.450. The van der Waals surface area contributed by atoms with Crippen LogP contribution in [0.5, 0.6) is 0 Å². The summed E-state index contributed by atoms with van der Waals surface area (Å²) in [5.41, 5.74) is 3.79. The molecule has 0 radical (unpaired) electrons. The molecule has 1 fully saturated rings. The Bertz CT molecular complexity index is 868. The first kappa shape index (κ1) is 17.6. The number of nitrogens with zero attached hydrogens (tertiary/aromatic N) is 2. The zero-order valence-corrected chi connectivity index (χ0v) is 15.5. The van der Waals surface area contributed by atoms with E-state index in [1.807, 2.05) is 12.1 Å². The molecule has 1 aliphatic heterocycles. The second kappa shape index (κ2) is 7.42. The zero-order valence-electron chi connectivity index (χ0n) is 15.5. The van der Waals surface area contributed by atoms with Gasteiger partial charge in [0.05, 0.1) is 6.54 Å². The van der Waals surface area contributed by atoms with E-state index in [0.29, 0.717) is 17.3 Å². The highest BCUT2D eigenvalue weighted by molar-refractivity contribution is 5.93. The number of carbonyl (C=O) groups excluding carboxylic acids is 2. The zero-order chi connectivity index (χ0) is 18.8. The van der Waals surface area contributed by atoms with Crippen molar-refractivity contribution in [2.75, 3.05) is 18.4 Å². The van der Waals surface area contributed by atoms with E-state index >= 15 is 0 Å². The van der Waals surface area contributed by atoms with Crippen LogP contribution in [0.25, 0.3) is 0 Å². The molecule has 0 unspecified atom stereocenters. The third kappa shape index (κ3) is 3.82. The molecule has 0 atom stereocenters. The van der Waals surface area contributed by atoms with Crippen molar-refractivity contribution in [1.29, 1.82) is 0 Å². The van der Waals surface area contributed by atoms with E-state index in [1.165, 1.54) is 17.5 Å². The largest absolute Gasteiger partial charge is 0.443 e. The van der Waals surface area contributed by atoms with Gasteiger partial charge in [0.25, 0.3) is 5.91 Å². The maximum absolute atomic E-state index is 12.5. The monoisotopic (exact) mass is 368 g/mol. The summed E-state index contributed by atoms with van der Waals surface area (Å²) in [6.07, 6.45) is 5.41. The molecule has 2 heterocycles. The average Bonchev–Trinajstić information content (AvgIpc) is 3.40. The molecule has 4 rings (SSSR count). The van der Waals surface area contributed by atoms with E-state index in [1.54, 1.807) is 11.8 Å². The number of oxazole rings is 1. The molecule has 2 aliphatic rings. The van der Waals surface area contributed by atoms with Crippen molar-refractivity contribution in [3.05, 3.63) is 46.7 Å². The number of fused-ring (bicyclic) bond motifs is 1. The van der Waals surface area contributed by atoms with Gasteiger partial charge in [-0.05, 0) is 62.3 Å². The van der Waals surface area contributed by atoms with Crippen molar-refractivity contribution in [1.82, 2.24) is 15.2 Å². The third-order valence-corrected chi connectivity index (χ3v) is 5.19. The quantitative estimate of drug-likeness (QED) is 0.868. The predicted molar refractivity (Wildman–Crippen MR) is 101 cm³/mol. The van der Waals surface area contributed by atoms with Gasteiger partial charge in [-0.1, -0.05) is 6.07 Å². The molecule has 2 aromatic rings. The summed E-state index contributed by atoms with van der Waals surface area (Å²) < 4.78 is 5.56. The number of hydrogen-bond donors (Lipinski definition) is 2. The Hall–Kier alpha value is -2.83. The Morgan fingerprint density at radius 1 is 1.15 bits per heavy atom. The lowest BCUT2D eigenvalue weighted by atomic mass is 10.1. The Morgan fingerprint density at radius 2 is 1.93 bits per heavy atom. The highest BCUT2D eigenvalue weighted by Gasteiger charge is 2.25. The molecule has 7 heteroatoms. The second-order valence-electron chi connectivity index (χ2n) is 7.16. The van der Waals surface area contributed by atoms with E-state index in [2.05, 4.69) is 21.7 Å². The van der Waals surface area contributed by atoms with Crippen molar-refractivity contribution < 1.29 is 14.0 Å². The van der Waals surface area contributed by atoms with Crippen LogP contribution in [-0.2, 0) is 19.4 Å². The number of likely N-dealkylation sites (tertiary alicyclic amines) is 1. The molecule has 142 valence electrons. The normalized spacial score (nSPS) is 15.7. The van der Waals surface area contributed by atoms with Gasteiger partial charge in [-0.25, -0.2) is 9.78 Å². The SMILES string of the molecule is Cc1oc(CNC(=O)Nc2ccc3c(c2)CCC3)nc1C(=O)N1CCCC1. The number of carbonyl (C=O) groups is 2. The molecule has 1 saturated heterocycles. The lowest BCUT2D eigenvalue weighted by Gasteiger charge is -2.13. The second-order valence-corrected chi connectivity index (χ2v) is 7.16. The Labute approximate surface area is 158 Å². The maximum Gasteiger partial charge on any atom is 0.319 e. The van der Waals surface area contributed by atoms with E-state index in [0.717, 1.165) is 44.5 Å². The number of aryl methyl sites for hydroxylation is 3. The number of rotatable bonds is 4. The molecule has 3 amide bonds. The lowest BCUT2D eigenvalue weighted by Crippen LogP contribution is -2.29. The summed E-state index contributed by atoms with van der Waals surface area (Å²) in [5, 5.41) is 5.57. The minimum atomic E-state index is -0.323. The molecule has 1 aromatic heterocycles. The molecular formula is C20H24N4O3. The van der Waals surface area contributed by atoms with Crippen LogP contribution in [0.4, 0.5) is 10.5 Å². The van der Waals surface area contributed by atoms with Gasteiger partial charge >= 0.3 is 6.03 Å². The Morgan fingerprint density at radius 3 is 2.74 bits per heavy atom. The number of benzene rings is 1. The molecule has 1 aromatic carbocycles. The van der Waals surface area contributed by atoms with E-state index in [-0.39, 0.29) is 18.5 Å². The minimum absolute atomic E-state index is 0.0948. The van der Waals surface area contributed by atoms with Crippen LogP contribution in [0.1, 0.15) is 52.5 Å². The van der Waals surface area contributed by atoms with Gasteiger partial charge in [-0.3, -0.25) is 4.79 Å². The lowest BCUT2D eigenvalue weighted by molar-refractivity contribution is 0.0786. The summed E-state index contributed by atoms with van der Waals surface area (Å²) in [6.45, 7) is 3.39. The number of urea groups is 1. The van der Waals surface area contributed by atoms with Crippen molar-refractivity contribution >= 4 is 17.6 Å². The van der Waals surface area contributed by atoms with E-state index in [4.69, 9.17) is 4.42 Å². The Balaban J connectivity index is 1.34. The number of hydrogen-bond acceptors (Lipinski definition) is 4. The fourth-order valence-electron chi connectivity index (χ4n) is 3.78. The van der Waals surface area contributed by atoms with Crippen LogP contribution < -0.4 is 10.6 Å². The number of aromatic nitrogens is 1. The van der Waals surface area contributed by atoms with E-state index < -0.39 is 0 Å². The summed E-state index contributed by atoms with van der Waals surface area (Å²) >= 11 is 0.